The molecule has 31 heavy (non-hydrogen) atoms. The zero-order valence-electron chi connectivity index (χ0n) is 18.2. The molecule has 0 aromatic heterocycles. The summed E-state index contributed by atoms with van der Waals surface area (Å²) in [4.78, 5) is 15.3. The summed E-state index contributed by atoms with van der Waals surface area (Å²) >= 11 is 0. The van der Waals surface area contributed by atoms with Gasteiger partial charge in [0.2, 0.25) is 0 Å². The molecule has 0 spiro atoms. The number of ether oxygens (including phenoxy) is 2. The van der Waals surface area contributed by atoms with Gasteiger partial charge in [-0.2, -0.15) is 0 Å². The van der Waals surface area contributed by atoms with Gasteiger partial charge in [-0.1, -0.05) is 73.5 Å². The van der Waals surface area contributed by atoms with Crippen LogP contribution in [0.15, 0.2) is 60.7 Å². The van der Waals surface area contributed by atoms with Crippen molar-refractivity contribution in [3.63, 3.8) is 0 Å². The monoisotopic (exact) mass is 443 g/mol. The third-order valence-electron chi connectivity index (χ3n) is 6.55. The summed E-state index contributed by atoms with van der Waals surface area (Å²) in [5, 5.41) is 0. The molecule has 1 heterocycles. The molecule has 168 valence electrons. The third-order valence-corrected chi connectivity index (χ3v) is 6.55. The molecule has 1 aliphatic heterocycles. The second-order valence-electron chi connectivity index (χ2n) is 8.50. The number of esters is 1. The lowest BCUT2D eigenvalue weighted by Gasteiger charge is -2.19. The fourth-order valence-corrected chi connectivity index (χ4v) is 4.78. The second kappa shape index (κ2) is 11.7. The van der Waals surface area contributed by atoms with E-state index >= 15 is 0 Å². The Labute approximate surface area is 192 Å². The van der Waals surface area contributed by atoms with E-state index in [9.17, 15) is 4.79 Å². The molecule has 1 saturated heterocycles. The fourth-order valence-electron chi connectivity index (χ4n) is 4.78. The maximum Gasteiger partial charge on any atom is 0.310 e. The SMILES string of the molecule is Cl.O=C(OCCOCCN1CCCCCC1)C1CC1(c1ccccc1)c1ccccc1. The Bertz CT molecular complexity index is 751. The van der Waals surface area contributed by atoms with E-state index in [1.807, 2.05) is 36.4 Å². The van der Waals surface area contributed by atoms with Gasteiger partial charge in [0.15, 0.2) is 0 Å². The highest BCUT2D eigenvalue weighted by Crippen LogP contribution is 2.59. The van der Waals surface area contributed by atoms with E-state index in [0.717, 1.165) is 13.0 Å². The van der Waals surface area contributed by atoms with E-state index in [2.05, 4.69) is 29.2 Å². The van der Waals surface area contributed by atoms with Gasteiger partial charge in [0.1, 0.15) is 6.61 Å². The van der Waals surface area contributed by atoms with Crippen molar-refractivity contribution >= 4 is 18.4 Å². The van der Waals surface area contributed by atoms with Crippen LogP contribution in [0.5, 0.6) is 0 Å². The van der Waals surface area contributed by atoms with Gasteiger partial charge in [0.05, 0.1) is 19.1 Å². The van der Waals surface area contributed by atoms with E-state index in [4.69, 9.17) is 9.47 Å². The molecule has 4 nitrogen and oxygen atoms in total. The normalized spacial score (nSPS) is 20.3. The van der Waals surface area contributed by atoms with Crippen LogP contribution in [0.4, 0.5) is 0 Å². The summed E-state index contributed by atoms with van der Waals surface area (Å²) in [7, 11) is 0. The number of hydrogen-bond acceptors (Lipinski definition) is 4. The van der Waals surface area contributed by atoms with Crippen molar-refractivity contribution in [2.45, 2.75) is 37.5 Å². The maximum atomic E-state index is 12.8. The minimum atomic E-state index is -0.257. The van der Waals surface area contributed by atoms with E-state index in [1.165, 1.54) is 49.9 Å². The van der Waals surface area contributed by atoms with Gasteiger partial charge in [-0.3, -0.25) is 4.79 Å². The first kappa shape index (κ1) is 23.8. The first-order valence-corrected chi connectivity index (χ1v) is 11.4. The molecule has 2 aliphatic rings. The third kappa shape index (κ3) is 5.88. The maximum absolute atomic E-state index is 12.8. The van der Waals surface area contributed by atoms with Crippen LogP contribution in [0.3, 0.4) is 0 Å². The molecule has 1 atom stereocenters. The Morgan fingerprint density at radius 3 is 2.00 bits per heavy atom. The number of carbonyl (C=O) groups excluding carboxylic acids is 1. The fraction of sp³-hybridized carbons (Fsp3) is 0.500. The quantitative estimate of drug-likeness (QED) is 0.410. The van der Waals surface area contributed by atoms with E-state index in [-0.39, 0.29) is 29.7 Å². The van der Waals surface area contributed by atoms with Gasteiger partial charge >= 0.3 is 5.97 Å². The minimum absolute atomic E-state index is 0. The molecule has 2 aromatic carbocycles. The van der Waals surface area contributed by atoms with Gasteiger partial charge in [-0.15, -0.1) is 12.4 Å². The average Bonchev–Trinajstić information content (AvgIpc) is 3.59. The minimum Gasteiger partial charge on any atom is -0.463 e. The molecule has 0 bridgehead atoms. The van der Waals surface area contributed by atoms with Crippen molar-refractivity contribution in [2.75, 3.05) is 39.5 Å². The topological polar surface area (TPSA) is 38.8 Å². The Morgan fingerprint density at radius 2 is 1.42 bits per heavy atom. The van der Waals surface area contributed by atoms with Crippen molar-refractivity contribution in [1.82, 2.24) is 4.90 Å². The molecular weight excluding hydrogens is 410 g/mol. The molecule has 2 aromatic rings. The van der Waals surface area contributed by atoms with Crippen LogP contribution in [-0.2, 0) is 19.7 Å². The lowest BCUT2D eigenvalue weighted by atomic mass is 9.86. The molecule has 0 N–H and O–H groups in total. The number of halogens is 1. The molecular formula is C26H34ClNO3. The second-order valence-corrected chi connectivity index (χ2v) is 8.50. The van der Waals surface area contributed by atoms with Crippen LogP contribution >= 0.6 is 12.4 Å². The zero-order chi connectivity index (χ0) is 20.7. The molecule has 1 saturated carbocycles. The summed E-state index contributed by atoms with van der Waals surface area (Å²) in [5.74, 6) is -0.238. The van der Waals surface area contributed by atoms with Crippen LogP contribution in [0, 0.1) is 5.92 Å². The van der Waals surface area contributed by atoms with E-state index in [0.29, 0.717) is 19.8 Å². The van der Waals surface area contributed by atoms with Crippen molar-refractivity contribution in [3.8, 4) is 0 Å². The predicted molar refractivity (Wildman–Crippen MR) is 126 cm³/mol. The summed E-state index contributed by atoms with van der Waals surface area (Å²) in [5.41, 5.74) is 2.12. The van der Waals surface area contributed by atoms with E-state index < -0.39 is 0 Å². The molecule has 5 heteroatoms. The summed E-state index contributed by atoms with van der Waals surface area (Å²) in [6.45, 7) is 4.84. The van der Waals surface area contributed by atoms with Gasteiger partial charge < -0.3 is 14.4 Å². The number of nitrogens with zero attached hydrogens (tertiary/aromatic N) is 1. The number of benzene rings is 2. The van der Waals surface area contributed by atoms with Crippen molar-refractivity contribution in [2.24, 2.45) is 5.92 Å². The number of likely N-dealkylation sites (tertiary alicyclic amines) is 1. The molecule has 4 rings (SSSR count). The highest BCUT2D eigenvalue weighted by atomic mass is 35.5. The highest BCUT2D eigenvalue weighted by Gasteiger charge is 2.61. The van der Waals surface area contributed by atoms with Crippen LogP contribution in [0.1, 0.15) is 43.2 Å². The van der Waals surface area contributed by atoms with Crippen LogP contribution in [-0.4, -0.2) is 50.3 Å². The first-order valence-electron chi connectivity index (χ1n) is 11.4. The van der Waals surface area contributed by atoms with Crippen molar-refractivity contribution in [1.29, 1.82) is 0 Å². The summed E-state index contributed by atoms with van der Waals surface area (Å²) < 4.78 is 11.3. The Balaban J connectivity index is 0.00000272. The van der Waals surface area contributed by atoms with Gasteiger partial charge in [0, 0.05) is 12.0 Å². The van der Waals surface area contributed by atoms with Gasteiger partial charge in [-0.05, 0) is 43.5 Å². The Morgan fingerprint density at radius 1 is 0.839 bits per heavy atom. The first-order chi connectivity index (χ1) is 14.8. The molecule has 0 radical (unpaired) electrons. The predicted octanol–water partition coefficient (Wildman–Crippen LogP) is 4.85. The lowest BCUT2D eigenvalue weighted by molar-refractivity contribution is -0.147. The standard InChI is InChI=1S/C26H33NO3.ClH/c28-25(30-20-19-29-18-17-27-15-9-1-2-10-16-27)24-21-26(24,22-11-5-3-6-12-22)23-13-7-4-8-14-23;/h3-8,11-14,24H,1-2,9-10,15-21H2;1H. The van der Waals surface area contributed by atoms with Crippen molar-refractivity contribution in [3.05, 3.63) is 71.8 Å². The highest BCUT2D eigenvalue weighted by molar-refractivity contribution is 5.85. The largest absolute Gasteiger partial charge is 0.463 e. The molecule has 1 unspecified atom stereocenters. The molecule has 1 aliphatic carbocycles. The lowest BCUT2D eigenvalue weighted by Crippen LogP contribution is -2.29. The summed E-state index contributed by atoms with van der Waals surface area (Å²) in [6.07, 6.45) is 6.09. The average molecular weight is 444 g/mol. The number of carbonyl (C=O) groups is 1. The van der Waals surface area contributed by atoms with Gasteiger partial charge in [-0.25, -0.2) is 0 Å². The molecule has 0 amide bonds. The number of rotatable bonds is 9. The molecule has 2 fully saturated rings. The van der Waals surface area contributed by atoms with Crippen molar-refractivity contribution < 1.29 is 14.3 Å². The smallest absolute Gasteiger partial charge is 0.310 e. The zero-order valence-corrected chi connectivity index (χ0v) is 19.0. The Hall–Kier alpha value is -1.88. The number of hydrogen-bond donors (Lipinski definition) is 0. The van der Waals surface area contributed by atoms with Crippen LogP contribution < -0.4 is 0 Å². The van der Waals surface area contributed by atoms with E-state index in [1.54, 1.807) is 0 Å². The Kier molecular flexibility index (Phi) is 8.94. The van der Waals surface area contributed by atoms with Gasteiger partial charge in [0.25, 0.3) is 0 Å². The summed E-state index contributed by atoms with van der Waals surface area (Å²) in [6, 6.07) is 20.7. The van der Waals surface area contributed by atoms with Crippen LogP contribution in [0.2, 0.25) is 0 Å². The van der Waals surface area contributed by atoms with Crippen LogP contribution in [0.25, 0.3) is 0 Å².